The lowest BCUT2D eigenvalue weighted by Gasteiger charge is -2.11. The zero-order chi connectivity index (χ0) is 18.5. The zero-order valence-electron chi connectivity index (χ0n) is 14.9. The molecule has 4 heterocycles. The number of nitrogens with zero attached hydrogens (tertiary/aromatic N) is 4. The van der Waals surface area contributed by atoms with Gasteiger partial charge in [-0.25, -0.2) is 14.6 Å². The van der Waals surface area contributed by atoms with Gasteiger partial charge >= 0.3 is 0 Å². The van der Waals surface area contributed by atoms with Crippen LogP contribution in [0.25, 0.3) is 22.6 Å². The first-order valence-electron chi connectivity index (χ1n) is 8.40. The summed E-state index contributed by atoms with van der Waals surface area (Å²) in [5.74, 6) is 3.18. The minimum absolute atomic E-state index is 0. The Morgan fingerprint density at radius 3 is 2.17 bits per heavy atom. The van der Waals surface area contributed by atoms with Crippen LogP contribution in [0.4, 0.5) is 11.5 Å². The van der Waals surface area contributed by atoms with E-state index < -0.39 is 0 Å². The molecule has 0 aliphatic carbocycles. The van der Waals surface area contributed by atoms with Gasteiger partial charge in [0.05, 0.1) is 0 Å². The van der Waals surface area contributed by atoms with Crippen LogP contribution in [0.3, 0.4) is 0 Å². The zero-order valence-corrected chi connectivity index (χ0v) is 14.9. The summed E-state index contributed by atoms with van der Waals surface area (Å²) in [6.45, 7) is 0.399. The molecule has 0 fully saturated rings. The second-order valence-corrected chi connectivity index (χ2v) is 6.09. The largest absolute Gasteiger partial charge is 0.454 e. The standard InChI is InChI=1S/C18H11N5O5.H3N/c1-3-11-13(26-7-24-11)5-9(1)15-16(21-18-17(20-15)22-28-23-18)19-10-2-4-12-14(6-10)27-8-25-12;/h1-6H,7-8H2,(H,19,21,23);1H3. The lowest BCUT2D eigenvalue weighted by atomic mass is 10.1. The number of nitrogens with one attached hydrogen (secondary N) is 1. The van der Waals surface area contributed by atoms with Gasteiger partial charge in [-0.1, -0.05) is 0 Å². The third-order valence-corrected chi connectivity index (χ3v) is 4.40. The van der Waals surface area contributed by atoms with Crippen LogP contribution in [0, 0.1) is 0 Å². The summed E-state index contributed by atoms with van der Waals surface area (Å²) < 4.78 is 26.4. The van der Waals surface area contributed by atoms with Crippen LogP contribution in [0.2, 0.25) is 0 Å². The van der Waals surface area contributed by atoms with Gasteiger partial charge in [-0.2, -0.15) is 0 Å². The fourth-order valence-electron chi connectivity index (χ4n) is 3.08. The topological polar surface area (TPSA) is 149 Å². The van der Waals surface area contributed by atoms with E-state index >= 15 is 0 Å². The molecule has 2 aliphatic rings. The van der Waals surface area contributed by atoms with Crippen molar-refractivity contribution in [3.05, 3.63) is 36.4 Å². The number of hydrogen-bond acceptors (Lipinski definition) is 11. The molecule has 0 amide bonds. The minimum Gasteiger partial charge on any atom is -0.454 e. The molecule has 146 valence electrons. The molecule has 0 bridgehead atoms. The van der Waals surface area contributed by atoms with Gasteiger partial charge in [-0.3, -0.25) is 0 Å². The maximum atomic E-state index is 5.47. The number of rotatable bonds is 3. The third kappa shape index (κ3) is 2.80. The Bertz CT molecular complexity index is 1230. The van der Waals surface area contributed by atoms with E-state index in [1.54, 1.807) is 0 Å². The van der Waals surface area contributed by atoms with Crippen LogP contribution < -0.4 is 30.4 Å². The fraction of sp³-hybridized carbons (Fsp3) is 0.111. The van der Waals surface area contributed by atoms with Crippen molar-refractivity contribution < 1.29 is 23.6 Å². The first-order chi connectivity index (χ1) is 13.8. The monoisotopic (exact) mass is 394 g/mol. The van der Waals surface area contributed by atoms with Crippen molar-refractivity contribution >= 4 is 22.8 Å². The molecule has 0 saturated heterocycles. The average Bonchev–Trinajstić information content (AvgIpc) is 3.46. The highest BCUT2D eigenvalue weighted by Crippen LogP contribution is 2.39. The lowest BCUT2D eigenvalue weighted by Crippen LogP contribution is -2.00. The van der Waals surface area contributed by atoms with E-state index in [1.165, 1.54) is 0 Å². The number of hydrogen-bond donors (Lipinski definition) is 2. The van der Waals surface area contributed by atoms with E-state index in [9.17, 15) is 0 Å². The Balaban J connectivity index is 0.00000181. The number of aromatic nitrogens is 4. The van der Waals surface area contributed by atoms with E-state index in [0.717, 1.165) is 11.3 Å². The minimum atomic E-state index is 0. The Morgan fingerprint density at radius 2 is 1.38 bits per heavy atom. The molecule has 11 heteroatoms. The molecule has 2 aliphatic heterocycles. The molecule has 4 aromatic rings. The first kappa shape index (κ1) is 17.0. The molecule has 6 rings (SSSR count). The van der Waals surface area contributed by atoms with E-state index in [1.807, 2.05) is 36.4 Å². The van der Waals surface area contributed by atoms with Crippen molar-refractivity contribution in [2.24, 2.45) is 0 Å². The van der Waals surface area contributed by atoms with Gasteiger partial charge < -0.3 is 30.4 Å². The highest BCUT2D eigenvalue weighted by atomic mass is 16.7. The Morgan fingerprint density at radius 1 is 0.724 bits per heavy atom. The molecule has 0 saturated carbocycles. The number of ether oxygens (including phenoxy) is 4. The van der Waals surface area contributed by atoms with Gasteiger partial charge in [0, 0.05) is 17.3 Å². The molecule has 0 radical (unpaired) electrons. The van der Waals surface area contributed by atoms with Crippen molar-refractivity contribution in [3.63, 3.8) is 0 Å². The molecule has 29 heavy (non-hydrogen) atoms. The van der Waals surface area contributed by atoms with Crippen molar-refractivity contribution in [1.82, 2.24) is 26.4 Å². The van der Waals surface area contributed by atoms with Gasteiger partial charge in [0.15, 0.2) is 28.8 Å². The maximum absolute atomic E-state index is 5.47. The lowest BCUT2D eigenvalue weighted by molar-refractivity contribution is 0.173. The van der Waals surface area contributed by atoms with Gasteiger partial charge in [0.1, 0.15) is 5.69 Å². The van der Waals surface area contributed by atoms with E-state index in [4.69, 9.17) is 23.6 Å². The molecule has 0 spiro atoms. The molecular weight excluding hydrogens is 380 g/mol. The number of benzene rings is 2. The fourth-order valence-corrected chi connectivity index (χ4v) is 3.08. The third-order valence-electron chi connectivity index (χ3n) is 4.40. The van der Waals surface area contributed by atoms with E-state index in [-0.39, 0.29) is 19.7 Å². The summed E-state index contributed by atoms with van der Waals surface area (Å²) in [6.07, 6.45) is 0. The molecule has 4 N–H and O–H groups in total. The quantitative estimate of drug-likeness (QED) is 0.528. The summed E-state index contributed by atoms with van der Waals surface area (Å²) in [4.78, 5) is 9.06. The highest BCUT2D eigenvalue weighted by molar-refractivity contribution is 5.82. The molecular formula is C18H14N6O5. The second-order valence-electron chi connectivity index (χ2n) is 6.09. The van der Waals surface area contributed by atoms with Gasteiger partial charge in [-0.15, -0.1) is 0 Å². The smallest absolute Gasteiger partial charge is 0.245 e. The average molecular weight is 394 g/mol. The van der Waals surface area contributed by atoms with Crippen LogP contribution in [0.1, 0.15) is 0 Å². The van der Waals surface area contributed by atoms with Gasteiger partial charge in [0.2, 0.25) is 24.9 Å². The van der Waals surface area contributed by atoms with Crippen molar-refractivity contribution in [2.75, 3.05) is 18.9 Å². The van der Waals surface area contributed by atoms with E-state index in [2.05, 4.69) is 25.6 Å². The molecule has 2 aromatic carbocycles. The molecule has 2 aromatic heterocycles. The Hall–Kier alpha value is -4.12. The van der Waals surface area contributed by atoms with Gasteiger partial charge in [-0.05, 0) is 40.6 Å². The summed E-state index contributed by atoms with van der Waals surface area (Å²) in [5, 5.41) is 10.8. The SMILES string of the molecule is N.c1cc2c(cc1Nc1nc3nonc3nc1-c1ccc3c(c1)OCO3)OCO2. The van der Waals surface area contributed by atoms with Gasteiger partial charge in [0.25, 0.3) is 0 Å². The predicted molar refractivity (Wildman–Crippen MR) is 99.8 cm³/mol. The van der Waals surface area contributed by atoms with Crippen molar-refractivity contribution in [2.45, 2.75) is 0 Å². The number of anilines is 2. The number of fused-ring (bicyclic) bond motifs is 3. The first-order valence-corrected chi connectivity index (χ1v) is 8.40. The second kappa shape index (κ2) is 6.49. The van der Waals surface area contributed by atoms with Crippen LogP contribution in [0.15, 0.2) is 41.0 Å². The van der Waals surface area contributed by atoms with Crippen LogP contribution in [0.5, 0.6) is 23.0 Å². The maximum Gasteiger partial charge on any atom is 0.245 e. The normalized spacial score (nSPS) is 13.4. The van der Waals surface area contributed by atoms with Crippen LogP contribution >= 0.6 is 0 Å². The van der Waals surface area contributed by atoms with Crippen LogP contribution in [-0.2, 0) is 0 Å². The predicted octanol–water partition coefficient (Wildman–Crippen LogP) is 3.04. The van der Waals surface area contributed by atoms with Crippen molar-refractivity contribution in [1.29, 1.82) is 0 Å². The summed E-state index contributed by atoms with van der Waals surface area (Å²) in [7, 11) is 0. The van der Waals surface area contributed by atoms with Crippen molar-refractivity contribution in [3.8, 4) is 34.3 Å². The van der Waals surface area contributed by atoms with Crippen LogP contribution in [-0.4, -0.2) is 33.9 Å². The molecule has 11 nitrogen and oxygen atoms in total. The Labute approximate surface area is 163 Å². The molecule has 0 atom stereocenters. The highest BCUT2D eigenvalue weighted by Gasteiger charge is 2.20. The Kier molecular flexibility index (Phi) is 3.81. The van der Waals surface area contributed by atoms with E-state index in [0.29, 0.717) is 45.8 Å². The summed E-state index contributed by atoms with van der Waals surface area (Å²) in [5.41, 5.74) is 2.72. The summed E-state index contributed by atoms with van der Waals surface area (Å²) in [6, 6.07) is 11.1. The summed E-state index contributed by atoms with van der Waals surface area (Å²) >= 11 is 0. The molecule has 0 unspecified atom stereocenters.